The van der Waals surface area contributed by atoms with Crippen molar-refractivity contribution >= 4 is 72.6 Å². The van der Waals surface area contributed by atoms with Gasteiger partial charge in [0, 0.05) is 42.7 Å². The Hall–Kier alpha value is -7.27. The van der Waals surface area contributed by atoms with Crippen LogP contribution in [0.25, 0.3) is 82.8 Å². The SMILES string of the molecule is c1ccc(-c2cccc(N3c4ccccc4Sc4cc(-c5cccc(-c6ccc7c8ccccc8n(-c8ccc9oc%10ccccc%10c9c8)c7c6)c5)ccc43)c2)cc1. The molecule has 0 saturated carbocycles. The highest BCUT2D eigenvalue weighted by Crippen LogP contribution is 2.52. The molecule has 0 aliphatic carbocycles. The Kier molecular flexibility index (Phi) is 7.47. The van der Waals surface area contributed by atoms with E-state index in [2.05, 4.69) is 204 Å². The Morgan fingerprint density at radius 1 is 0.328 bits per heavy atom. The van der Waals surface area contributed by atoms with Crippen molar-refractivity contribution in [2.75, 3.05) is 4.90 Å². The lowest BCUT2D eigenvalue weighted by atomic mass is 9.98. The largest absolute Gasteiger partial charge is 0.456 e. The maximum atomic E-state index is 6.20. The van der Waals surface area contributed by atoms with E-state index in [1.54, 1.807) is 0 Å². The molecule has 0 bridgehead atoms. The first kappa shape index (κ1) is 32.9. The van der Waals surface area contributed by atoms with Crippen molar-refractivity contribution in [3.05, 3.63) is 206 Å². The minimum atomic E-state index is 0.901. The second-order valence-electron chi connectivity index (χ2n) is 14.9. The summed E-state index contributed by atoms with van der Waals surface area (Å²) in [6, 6.07) is 74.6. The summed E-state index contributed by atoms with van der Waals surface area (Å²) in [6.45, 7) is 0. The first-order valence-electron chi connectivity index (χ1n) is 19.7. The zero-order chi connectivity index (χ0) is 38.2. The number of aromatic nitrogens is 1. The van der Waals surface area contributed by atoms with Crippen molar-refractivity contribution < 1.29 is 4.42 Å². The van der Waals surface area contributed by atoms with Crippen LogP contribution in [0, 0.1) is 0 Å². The fraction of sp³-hybridized carbons (Fsp3) is 0. The van der Waals surface area contributed by atoms with Gasteiger partial charge in [-0.3, -0.25) is 0 Å². The number of rotatable bonds is 5. The van der Waals surface area contributed by atoms with Crippen LogP contribution in [-0.2, 0) is 0 Å². The molecule has 4 heteroatoms. The lowest BCUT2D eigenvalue weighted by molar-refractivity contribution is 0.669. The summed E-state index contributed by atoms with van der Waals surface area (Å²) in [7, 11) is 0. The van der Waals surface area contributed by atoms with Gasteiger partial charge in [-0.25, -0.2) is 0 Å². The van der Waals surface area contributed by atoms with Gasteiger partial charge >= 0.3 is 0 Å². The van der Waals surface area contributed by atoms with Gasteiger partial charge in [0.2, 0.25) is 0 Å². The molecule has 0 amide bonds. The molecule has 2 aromatic heterocycles. The van der Waals surface area contributed by atoms with Gasteiger partial charge in [-0.1, -0.05) is 139 Å². The van der Waals surface area contributed by atoms with Gasteiger partial charge in [0.1, 0.15) is 11.2 Å². The number of fused-ring (bicyclic) bond motifs is 8. The average Bonchev–Trinajstić information content (AvgIpc) is 3.83. The highest BCUT2D eigenvalue weighted by Gasteiger charge is 2.25. The van der Waals surface area contributed by atoms with Crippen molar-refractivity contribution in [2.24, 2.45) is 0 Å². The van der Waals surface area contributed by atoms with Crippen molar-refractivity contribution in [1.29, 1.82) is 0 Å². The quantitative estimate of drug-likeness (QED) is 0.174. The van der Waals surface area contributed by atoms with Crippen LogP contribution < -0.4 is 4.90 Å². The number of benzene rings is 9. The Bertz CT molecular complexity index is 3390. The number of para-hydroxylation sites is 3. The van der Waals surface area contributed by atoms with E-state index in [0.29, 0.717) is 0 Å². The minimum absolute atomic E-state index is 0.901. The number of nitrogens with zero attached hydrogens (tertiary/aromatic N) is 2. The molecule has 0 N–H and O–H groups in total. The standard InChI is InChI=1S/C54H34N2OS/c1-2-12-35(13-3-1)38-16-11-17-41(31-38)56-48-21-7-9-23-53(48)58-54-33-40(25-28-49(54)56)37-15-10-14-36(30-37)39-24-27-44-43-18-4-6-20-47(43)55(50(44)32-39)42-26-29-52-46(34-42)45-19-5-8-22-51(45)57-52/h1-34H. The van der Waals surface area contributed by atoms with Crippen molar-refractivity contribution in [2.45, 2.75) is 9.79 Å². The fourth-order valence-corrected chi connectivity index (χ4v) is 9.93. The smallest absolute Gasteiger partial charge is 0.135 e. The van der Waals surface area contributed by atoms with Crippen molar-refractivity contribution in [3.63, 3.8) is 0 Å². The lowest BCUT2D eigenvalue weighted by Crippen LogP contribution is -2.14. The van der Waals surface area contributed by atoms with Gasteiger partial charge in [0.05, 0.1) is 22.4 Å². The van der Waals surface area contributed by atoms with E-state index in [4.69, 9.17) is 4.42 Å². The Balaban J connectivity index is 0.948. The summed E-state index contributed by atoms with van der Waals surface area (Å²) in [5, 5.41) is 4.73. The molecule has 11 aromatic rings. The topological polar surface area (TPSA) is 21.3 Å². The van der Waals surface area contributed by atoms with E-state index in [-0.39, 0.29) is 0 Å². The molecular formula is C54H34N2OS. The average molecular weight is 759 g/mol. The summed E-state index contributed by atoms with van der Waals surface area (Å²) >= 11 is 1.85. The second kappa shape index (κ2) is 13.2. The maximum absolute atomic E-state index is 6.20. The van der Waals surface area contributed by atoms with Crippen LogP contribution in [0.15, 0.2) is 220 Å². The first-order chi connectivity index (χ1) is 28.7. The fourth-order valence-electron chi connectivity index (χ4n) is 8.83. The summed E-state index contributed by atoms with van der Waals surface area (Å²) in [5.74, 6) is 0. The number of hydrogen-bond donors (Lipinski definition) is 0. The normalized spacial score (nSPS) is 12.4. The van der Waals surface area contributed by atoms with E-state index in [1.807, 2.05) is 23.9 Å². The van der Waals surface area contributed by atoms with Gasteiger partial charge in [-0.2, -0.15) is 0 Å². The third-order valence-corrected chi connectivity index (χ3v) is 12.7. The van der Waals surface area contributed by atoms with E-state index in [1.165, 1.54) is 76.4 Å². The molecule has 12 rings (SSSR count). The third kappa shape index (κ3) is 5.30. The molecule has 9 aromatic carbocycles. The Labute approximate surface area is 340 Å². The van der Waals surface area contributed by atoms with Crippen LogP contribution in [0.2, 0.25) is 0 Å². The van der Waals surface area contributed by atoms with E-state index in [9.17, 15) is 0 Å². The maximum Gasteiger partial charge on any atom is 0.135 e. The van der Waals surface area contributed by atoms with Crippen LogP contribution in [0.1, 0.15) is 0 Å². The molecule has 1 aliphatic heterocycles. The first-order valence-corrected chi connectivity index (χ1v) is 20.5. The Morgan fingerprint density at radius 3 is 1.86 bits per heavy atom. The molecule has 0 spiro atoms. The predicted molar refractivity (Wildman–Crippen MR) is 243 cm³/mol. The summed E-state index contributed by atoms with van der Waals surface area (Å²) in [4.78, 5) is 4.89. The minimum Gasteiger partial charge on any atom is -0.456 e. The van der Waals surface area contributed by atoms with E-state index < -0.39 is 0 Å². The number of anilines is 3. The molecule has 3 heterocycles. The summed E-state index contributed by atoms with van der Waals surface area (Å²) in [5.41, 5.74) is 16.0. The van der Waals surface area contributed by atoms with Gasteiger partial charge in [0.25, 0.3) is 0 Å². The van der Waals surface area contributed by atoms with Gasteiger partial charge in [-0.15, -0.1) is 0 Å². The van der Waals surface area contributed by atoms with Gasteiger partial charge in [0.15, 0.2) is 0 Å². The zero-order valence-corrected chi connectivity index (χ0v) is 32.2. The number of hydrogen-bond acceptors (Lipinski definition) is 3. The third-order valence-electron chi connectivity index (χ3n) is 11.6. The van der Waals surface area contributed by atoms with E-state index >= 15 is 0 Å². The molecule has 0 unspecified atom stereocenters. The molecular weight excluding hydrogens is 725 g/mol. The second-order valence-corrected chi connectivity index (χ2v) is 16.0. The highest BCUT2D eigenvalue weighted by molar-refractivity contribution is 7.99. The van der Waals surface area contributed by atoms with Crippen LogP contribution in [0.3, 0.4) is 0 Å². The molecule has 272 valence electrons. The summed E-state index contributed by atoms with van der Waals surface area (Å²) in [6.07, 6.45) is 0. The molecule has 3 nitrogen and oxygen atoms in total. The predicted octanol–water partition coefficient (Wildman–Crippen LogP) is 15.6. The van der Waals surface area contributed by atoms with Crippen LogP contribution in [0.5, 0.6) is 0 Å². The highest BCUT2D eigenvalue weighted by atomic mass is 32.2. The molecule has 1 aliphatic rings. The molecule has 0 atom stereocenters. The number of furan rings is 1. The Morgan fingerprint density at radius 2 is 0.966 bits per heavy atom. The molecule has 0 fully saturated rings. The lowest BCUT2D eigenvalue weighted by Gasteiger charge is -2.33. The van der Waals surface area contributed by atoms with E-state index in [0.717, 1.165) is 33.3 Å². The molecule has 0 saturated heterocycles. The van der Waals surface area contributed by atoms with Crippen LogP contribution in [-0.4, -0.2) is 4.57 Å². The summed E-state index contributed by atoms with van der Waals surface area (Å²) < 4.78 is 8.60. The van der Waals surface area contributed by atoms with Crippen molar-refractivity contribution in [1.82, 2.24) is 4.57 Å². The van der Waals surface area contributed by atoms with Crippen LogP contribution in [0.4, 0.5) is 17.1 Å². The van der Waals surface area contributed by atoms with Crippen LogP contribution >= 0.6 is 11.8 Å². The molecule has 0 radical (unpaired) electrons. The van der Waals surface area contributed by atoms with Crippen molar-refractivity contribution in [3.8, 4) is 39.1 Å². The van der Waals surface area contributed by atoms with Gasteiger partial charge in [-0.05, 0) is 112 Å². The molecule has 58 heavy (non-hydrogen) atoms. The van der Waals surface area contributed by atoms with Gasteiger partial charge < -0.3 is 13.9 Å². The zero-order valence-electron chi connectivity index (χ0n) is 31.3. The monoisotopic (exact) mass is 758 g/mol.